The van der Waals surface area contributed by atoms with E-state index in [1.807, 2.05) is 6.92 Å². The second-order valence-corrected chi connectivity index (χ2v) is 5.05. The highest BCUT2D eigenvalue weighted by atomic mass is 32.1. The van der Waals surface area contributed by atoms with Crippen LogP contribution in [-0.2, 0) is 4.79 Å². The predicted molar refractivity (Wildman–Crippen MR) is 67.2 cm³/mol. The molecule has 1 atom stereocenters. The van der Waals surface area contributed by atoms with Crippen molar-refractivity contribution in [1.29, 1.82) is 0 Å². The molecular formula is C11H12N4OS. The second-order valence-electron chi connectivity index (χ2n) is 4.17. The van der Waals surface area contributed by atoms with Crippen LogP contribution in [0.15, 0.2) is 11.7 Å². The molecule has 0 aliphatic carbocycles. The lowest BCUT2D eigenvalue weighted by Crippen LogP contribution is -2.22. The van der Waals surface area contributed by atoms with Gasteiger partial charge in [-0.3, -0.25) is 4.79 Å². The molecule has 1 aliphatic rings. The van der Waals surface area contributed by atoms with Gasteiger partial charge in [0.25, 0.3) is 0 Å². The van der Waals surface area contributed by atoms with Crippen molar-refractivity contribution in [3.8, 4) is 0 Å². The normalized spacial score (nSPS) is 19.6. The summed E-state index contributed by atoms with van der Waals surface area (Å²) >= 11 is 1.63. The molecule has 17 heavy (non-hydrogen) atoms. The Balaban J connectivity index is 1.92. The largest absolute Gasteiger partial charge is 0.364 e. The Hall–Kier alpha value is -1.69. The van der Waals surface area contributed by atoms with Gasteiger partial charge in [-0.25, -0.2) is 9.97 Å². The van der Waals surface area contributed by atoms with E-state index in [1.165, 1.54) is 0 Å². The lowest BCUT2D eigenvalue weighted by atomic mass is 10.2. The molecule has 1 amide bonds. The highest BCUT2D eigenvalue weighted by Crippen LogP contribution is 2.29. The number of hydrogen-bond donors (Lipinski definition) is 2. The summed E-state index contributed by atoms with van der Waals surface area (Å²) in [6, 6.07) is 0.128. The lowest BCUT2D eigenvalue weighted by molar-refractivity contribution is -0.119. The first-order valence-corrected chi connectivity index (χ1v) is 6.34. The summed E-state index contributed by atoms with van der Waals surface area (Å²) in [4.78, 5) is 19.7. The maximum atomic E-state index is 11.1. The molecule has 2 aromatic heterocycles. The third kappa shape index (κ3) is 1.84. The van der Waals surface area contributed by atoms with E-state index in [2.05, 4.69) is 26.0 Å². The number of nitrogens with zero attached hydrogens (tertiary/aromatic N) is 2. The summed E-state index contributed by atoms with van der Waals surface area (Å²) in [6.45, 7) is 2.70. The van der Waals surface area contributed by atoms with Crippen LogP contribution in [-0.4, -0.2) is 28.5 Å². The molecule has 0 bridgehead atoms. The zero-order valence-corrected chi connectivity index (χ0v) is 10.2. The number of hydrogen-bond acceptors (Lipinski definition) is 5. The van der Waals surface area contributed by atoms with Crippen molar-refractivity contribution < 1.29 is 4.79 Å². The molecule has 1 saturated heterocycles. The quantitative estimate of drug-likeness (QED) is 0.840. The highest BCUT2D eigenvalue weighted by Gasteiger charge is 2.22. The van der Waals surface area contributed by atoms with Gasteiger partial charge in [0.2, 0.25) is 5.91 Å². The number of rotatable bonds is 2. The van der Waals surface area contributed by atoms with Gasteiger partial charge in [0.1, 0.15) is 12.1 Å². The maximum Gasteiger partial charge on any atom is 0.222 e. The Labute approximate surface area is 102 Å². The molecule has 2 N–H and O–H groups in total. The molecule has 3 rings (SSSR count). The summed E-state index contributed by atoms with van der Waals surface area (Å²) in [5.74, 6) is 0.921. The zero-order chi connectivity index (χ0) is 11.8. The van der Waals surface area contributed by atoms with E-state index >= 15 is 0 Å². The van der Waals surface area contributed by atoms with E-state index < -0.39 is 0 Å². The molecule has 1 aliphatic heterocycles. The van der Waals surface area contributed by atoms with E-state index in [0.29, 0.717) is 13.0 Å². The number of amides is 1. The zero-order valence-electron chi connectivity index (χ0n) is 9.36. The van der Waals surface area contributed by atoms with Gasteiger partial charge in [0.05, 0.1) is 16.3 Å². The van der Waals surface area contributed by atoms with Crippen molar-refractivity contribution in [3.63, 3.8) is 0 Å². The van der Waals surface area contributed by atoms with Crippen LogP contribution in [0.2, 0.25) is 0 Å². The van der Waals surface area contributed by atoms with Gasteiger partial charge < -0.3 is 10.6 Å². The maximum absolute atomic E-state index is 11.1. The second kappa shape index (κ2) is 3.96. The molecule has 1 unspecified atom stereocenters. The molecule has 6 heteroatoms. The fourth-order valence-electron chi connectivity index (χ4n) is 1.97. The average molecular weight is 248 g/mol. The number of aromatic nitrogens is 2. The first-order valence-electron chi connectivity index (χ1n) is 5.46. The smallest absolute Gasteiger partial charge is 0.222 e. The van der Waals surface area contributed by atoms with Crippen LogP contribution < -0.4 is 10.6 Å². The Morgan fingerprint density at radius 1 is 1.53 bits per heavy atom. The Bertz CT molecular complexity index is 580. The van der Waals surface area contributed by atoms with Gasteiger partial charge in [-0.1, -0.05) is 0 Å². The molecule has 3 heterocycles. The molecule has 0 aromatic carbocycles. The summed E-state index contributed by atoms with van der Waals surface area (Å²) < 4.78 is 1.06. The van der Waals surface area contributed by atoms with Crippen molar-refractivity contribution >= 4 is 33.3 Å². The molecule has 5 nitrogen and oxygen atoms in total. The topological polar surface area (TPSA) is 66.9 Å². The summed E-state index contributed by atoms with van der Waals surface area (Å²) in [7, 11) is 0. The van der Waals surface area contributed by atoms with Gasteiger partial charge in [-0.15, -0.1) is 11.3 Å². The fourth-order valence-corrected chi connectivity index (χ4v) is 2.93. The Morgan fingerprint density at radius 3 is 3.18 bits per heavy atom. The standard InChI is InChI=1S/C11H12N4OS/c1-6-4-17-10-9(6)13-5-14-11(10)15-7-2-8(16)12-3-7/h4-5,7H,2-3H2,1H3,(H,12,16)(H,13,14,15). The number of carbonyl (C=O) groups is 1. The Kier molecular flexibility index (Phi) is 2.44. The fraction of sp³-hybridized carbons (Fsp3) is 0.364. The molecule has 88 valence electrons. The predicted octanol–water partition coefficient (Wildman–Crippen LogP) is 1.30. The van der Waals surface area contributed by atoms with Gasteiger partial charge in [-0.2, -0.15) is 0 Å². The number of thiophene rings is 1. The molecule has 0 radical (unpaired) electrons. The molecule has 0 saturated carbocycles. The summed E-state index contributed by atoms with van der Waals surface area (Å²) in [5.41, 5.74) is 2.15. The van der Waals surface area contributed by atoms with Crippen molar-refractivity contribution in [2.24, 2.45) is 0 Å². The molecular weight excluding hydrogens is 236 g/mol. The first kappa shape index (κ1) is 10.5. The summed E-state index contributed by atoms with van der Waals surface area (Å²) in [5, 5.41) is 8.18. The molecule has 0 spiro atoms. The van der Waals surface area contributed by atoms with E-state index in [1.54, 1.807) is 17.7 Å². The lowest BCUT2D eigenvalue weighted by Gasteiger charge is -2.11. The van der Waals surface area contributed by atoms with Crippen LogP contribution in [0.4, 0.5) is 5.82 Å². The third-order valence-electron chi connectivity index (χ3n) is 2.85. The van der Waals surface area contributed by atoms with Crippen LogP contribution in [0, 0.1) is 6.92 Å². The number of nitrogens with one attached hydrogen (secondary N) is 2. The number of fused-ring (bicyclic) bond motifs is 1. The minimum Gasteiger partial charge on any atom is -0.364 e. The first-order chi connectivity index (χ1) is 8.24. The number of aryl methyl sites for hydroxylation is 1. The van der Waals surface area contributed by atoms with Crippen molar-refractivity contribution in [3.05, 3.63) is 17.3 Å². The number of anilines is 1. The minimum atomic E-state index is 0.0927. The monoisotopic (exact) mass is 248 g/mol. The van der Waals surface area contributed by atoms with E-state index in [0.717, 1.165) is 21.6 Å². The van der Waals surface area contributed by atoms with Gasteiger partial charge in [0, 0.05) is 13.0 Å². The van der Waals surface area contributed by atoms with E-state index in [9.17, 15) is 4.79 Å². The van der Waals surface area contributed by atoms with Crippen molar-refractivity contribution in [2.75, 3.05) is 11.9 Å². The van der Waals surface area contributed by atoms with Crippen molar-refractivity contribution in [2.45, 2.75) is 19.4 Å². The molecule has 2 aromatic rings. The van der Waals surface area contributed by atoms with Crippen LogP contribution in [0.5, 0.6) is 0 Å². The van der Waals surface area contributed by atoms with Gasteiger partial charge >= 0.3 is 0 Å². The number of carbonyl (C=O) groups excluding carboxylic acids is 1. The highest BCUT2D eigenvalue weighted by molar-refractivity contribution is 7.18. The summed E-state index contributed by atoms with van der Waals surface area (Å²) in [6.07, 6.45) is 2.07. The van der Waals surface area contributed by atoms with Crippen LogP contribution in [0.1, 0.15) is 12.0 Å². The average Bonchev–Trinajstić information content (AvgIpc) is 2.88. The SMILES string of the molecule is Cc1csc2c(NC3CNC(=O)C3)ncnc12. The minimum absolute atomic E-state index is 0.0927. The van der Waals surface area contributed by atoms with Gasteiger partial charge in [0.15, 0.2) is 0 Å². The van der Waals surface area contributed by atoms with E-state index in [-0.39, 0.29) is 11.9 Å². The van der Waals surface area contributed by atoms with Crippen molar-refractivity contribution in [1.82, 2.24) is 15.3 Å². The molecule has 1 fully saturated rings. The van der Waals surface area contributed by atoms with Gasteiger partial charge in [-0.05, 0) is 17.9 Å². The third-order valence-corrected chi connectivity index (χ3v) is 3.94. The Morgan fingerprint density at radius 2 is 2.41 bits per heavy atom. The van der Waals surface area contributed by atoms with Crippen LogP contribution in [0.3, 0.4) is 0 Å². The van der Waals surface area contributed by atoms with Crippen LogP contribution in [0.25, 0.3) is 10.2 Å². The van der Waals surface area contributed by atoms with E-state index in [4.69, 9.17) is 0 Å². The van der Waals surface area contributed by atoms with Crippen LogP contribution >= 0.6 is 11.3 Å².